The van der Waals surface area contributed by atoms with Crippen molar-refractivity contribution in [1.82, 2.24) is 9.13 Å². The summed E-state index contributed by atoms with van der Waals surface area (Å²) in [5.41, 5.74) is 0.0451. The Morgan fingerprint density at radius 2 is 1.17 bits per heavy atom. The van der Waals surface area contributed by atoms with Gasteiger partial charge in [0.25, 0.3) is 0 Å². The number of pyridine rings is 2. The van der Waals surface area contributed by atoms with Crippen LogP contribution >= 0.6 is 0 Å². The lowest BCUT2D eigenvalue weighted by Gasteiger charge is -2.06. The van der Waals surface area contributed by atoms with E-state index in [1.807, 2.05) is 12.1 Å². The van der Waals surface area contributed by atoms with Crippen LogP contribution in [0.15, 0.2) is 58.4 Å². The lowest BCUT2D eigenvalue weighted by atomic mass is 10.3. The van der Waals surface area contributed by atoms with Gasteiger partial charge in [0.05, 0.1) is 0 Å². The van der Waals surface area contributed by atoms with Crippen LogP contribution < -0.4 is 11.1 Å². The van der Waals surface area contributed by atoms with Crippen molar-refractivity contribution >= 4 is 0 Å². The Morgan fingerprint density at radius 1 is 0.722 bits per heavy atom. The molecular weight excluding hydrogens is 228 g/mol. The summed E-state index contributed by atoms with van der Waals surface area (Å²) >= 11 is 0. The summed E-state index contributed by atoms with van der Waals surface area (Å²) < 4.78 is 3.38. The summed E-state index contributed by atoms with van der Waals surface area (Å²) in [7, 11) is 0. The molecule has 0 atom stereocenters. The first-order valence-electron chi connectivity index (χ1n) is 6.08. The Balaban J connectivity index is 1.84. The first-order chi connectivity index (χ1) is 8.77. The zero-order valence-electron chi connectivity index (χ0n) is 10.2. The van der Waals surface area contributed by atoms with Gasteiger partial charge in [0.1, 0.15) is 0 Å². The summed E-state index contributed by atoms with van der Waals surface area (Å²) in [6.45, 7) is 1.39. The molecule has 0 saturated carbocycles. The maximum absolute atomic E-state index is 11.4. The molecule has 0 aromatic carbocycles. The number of aryl methyl sites for hydroxylation is 2. The van der Waals surface area contributed by atoms with Crippen molar-refractivity contribution in [3.8, 4) is 0 Å². The van der Waals surface area contributed by atoms with Crippen molar-refractivity contribution in [2.75, 3.05) is 0 Å². The molecule has 0 bridgehead atoms. The quantitative estimate of drug-likeness (QED) is 0.748. The second-order valence-corrected chi connectivity index (χ2v) is 4.17. The molecule has 0 aliphatic heterocycles. The molecule has 18 heavy (non-hydrogen) atoms. The summed E-state index contributed by atoms with van der Waals surface area (Å²) in [6, 6.07) is 10.3. The summed E-state index contributed by atoms with van der Waals surface area (Å²) in [5, 5.41) is 0. The van der Waals surface area contributed by atoms with Gasteiger partial charge in [-0.1, -0.05) is 12.1 Å². The minimum Gasteiger partial charge on any atom is -0.316 e. The standard InChI is InChI=1S/C14H16N2O2/c17-13-7-1-3-9-15(13)11-5-6-12-16-10-4-2-8-14(16)18/h1-4,7-10H,5-6,11-12H2. The minimum atomic E-state index is 0.0226. The van der Waals surface area contributed by atoms with Crippen molar-refractivity contribution in [2.24, 2.45) is 0 Å². The Morgan fingerprint density at radius 3 is 1.56 bits per heavy atom. The molecule has 4 nitrogen and oxygen atoms in total. The van der Waals surface area contributed by atoms with Crippen LogP contribution in [0.2, 0.25) is 0 Å². The highest BCUT2D eigenvalue weighted by Crippen LogP contribution is 1.96. The Kier molecular flexibility index (Phi) is 4.12. The van der Waals surface area contributed by atoms with Gasteiger partial charge in [0, 0.05) is 37.6 Å². The maximum Gasteiger partial charge on any atom is 0.250 e. The van der Waals surface area contributed by atoms with Crippen LogP contribution in [0.3, 0.4) is 0 Å². The van der Waals surface area contributed by atoms with Crippen LogP contribution in [0.25, 0.3) is 0 Å². The number of rotatable bonds is 5. The van der Waals surface area contributed by atoms with Gasteiger partial charge in [-0.15, -0.1) is 0 Å². The molecule has 0 aliphatic carbocycles. The first kappa shape index (κ1) is 12.4. The highest BCUT2D eigenvalue weighted by Gasteiger charge is 1.96. The third kappa shape index (κ3) is 3.20. The van der Waals surface area contributed by atoms with E-state index in [4.69, 9.17) is 0 Å². The number of aromatic nitrogens is 2. The van der Waals surface area contributed by atoms with Gasteiger partial charge < -0.3 is 9.13 Å². The van der Waals surface area contributed by atoms with E-state index in [0.29, 0.717) is 13.1 Å². The molecule has 94 valence electrons. The van der Waals surface area contributed by atoms with Gasteiger partial charge in [-0.3, -0.25) is 9.59 Å². The second-order valence-electron chi connectivity index (χ2n) is 4.17. The van der Waals surface area contributed by atoms with Crippen molar-refractivity contribution < 1.29 is 0 Å². The lowest BCUT2D eigenvalue weighted by molar-refractivity contribution is 0.537. The SMILES string of the molecule is O=c1ccccn1CCCCn1ccccc1=O. The van der Waals surface area contributed by atoms with Gasteiger partial charge in [-0.05, 0) is 25.0 Å². The van der Waals surface area contributed by atoms with Crippen molar-refractivity contribution in [1.29, 1.82) is 0 Å². The molecule has 4 heteroatoms. The molecule has 0 fully saturated rings. The molecule has 0 N–H and O–H groups in total. The van der Waals surface area contributed by atoms with Gasteiger partial charge in [0.2, 0.25) is 11.1 Å². The number of hydrogen-bond donors (Lipinski definition) is 0. The number of hydrogen-bond acceptors (Lipinski definition) is 2. The summed E-state index contributed by atoms with van der Waals surface area (Å²) in [6.07, 6.45) is 5.34. The Bertz CT molecular complexity index is 558. The average molecular weight is 244 g/mol. The third-order valence-corrected chi connectivity index (χ3v) is 2.85. The normalized spacial score (nSPS) is 10.4. The van der Waals surface area contributed by atoms with Gasteiger partial charge in [0.15, 0.2) is 0 Å². The molecular formula is C14H16N2O2. The van der Waals surface area contributed by atoms with Crippen LogP contribution in [0.5, 0.6) is 0 Å². The topological polar surface area (TPSA) is 44.0 Å². The number of unbranched alkanes of at least 4 members (excludes halogenated alkanes) is 1. The highest BCUT2D eigenvalue weighted by atomic mass is 16.1. The molecule has 2 aromatic heterocycles. The maximum atomic E-state index is 11.4. The second kappa shape index (κ2) is 6.00. The zero-order valence-corrected chi connectivity index (χ0v) is 10.2. The fourth-order valence-electron chi connectivity index (χ4n) is 1.86. The predicted molar refractivity (Wildman–Crippen MR) is 70.6 cm³/mol. The van der Waals surface area contributed by atoms with Crippen molar-refractivity contribution in [2.45, 2.75) is 25.9 Å². The Hall–Kier alpha value is -2.10. The summed E-state index contributed by atoms with van der Waals surface area (Å²) in [5.74, 6) is 0. The molecule has 0 amide bonds. The third-order valence-electron chi connectivity index (χ3n) is 2.85. The molecule has 0 saturated heterocycles. The van der Waals surface area contributed by atoms with E-state index in [-0.39, 0.29) is 11.1 Å². The van der Waals surface area contributed by atoms with Crippen LogP contribution in [0.4, 0.5) is 0 Å². The van der Waals surface area contributed by atoms with E-state index in [1.54, 1.807) is 45.8 Å². The van der Waals surface area contributed by atoms with Gasteiger partial charge in [-0.25, -0.2) is 0 Å². The monoisotopic (exact) mass is 244 g/mol. The van der Waals surface area contributed by atoms with Crippen LogP contribution in [0.1, 0.15) is 12.8 Å². The smallest absolute Gasteiger partial charge is 0.250 e. The first-order valence-corrected chi connectivity index (χ1v) is 6.08. The van der Waals surface area contributed by atoms with Crippen LogP contribution in [0, 0.1) is 0 Å². The van der Waals surface area contributed by atoms with E-state index in [9.17, 15) is 9.59 Å². The van der Waals surface area contributed by atoms with Crippen molar-refractivity contribution in [3.05, 3.63) is 69.5 Å². The lowest BCUT2D eigenvalue weighted by Crippen LogP contribution is -2.20. The predicted octanol–water partition coefficient (Wildman–Crippen LogP) is 1.49. The van der Waals surface area contributed by atoms with E-state index in [1.165, 1.54) is 0 Å². The fraction of sp³-hybridized carbons (Fsp3) is 0.286. The van der Waals surface area contributed by atoms with Crippen LogP contribution in [-0.2, 0) is 13.1 Å². The van der Waals surface area contributed by atoms with E-state index >= 15 is 0 Å². The number of nitrogens with zero attached hydrogens (tertiary/aromatic N) is 2. The zero-order chi connectivity index (χ0) is 12.8. The fourth-order valence-corrected chi connectivity index (χ4v) is 1.86. The molecule has 0 aliphatic rings. The van der Waals surface area contributed by atoms with Crippen LogP contribution in [-0.4, -0.2) is 9.13 Å². The summed E-state index contributed by atoms with van der Waals surface area (Å²) in [4.78, 5) is 22.9. The van der Waals surface area contributed by atoms with E-state index in [0.717, 1.165) is 12.8 Å². The largest absolute Gasteiger partial charge is 0.316 e. The van der Waals surface area contributed by atoms with E-state index < -0.39 is 0 Å². The highest BCUT2D eigenvalue weighted by molar-refractivity contribution is 4.94. The minimum absolute atomic E-state index is 0.0226. The molecule has 2 rings (SSSR count). The molecule has 2 aromatic rings. The Labute approximate surface area is 105 Å². The molecule has 2 heterocycles. The van der Waals surface area contributed by atoms with Crippen molar-refractivity contribution in [3.63, 3.8) is 0 Å². The molecule has 0 radical (unpaired) electrons. The molecule has 0 unspecified atom stereocenters. The van der Waals surface area contributed by atoms with Gasteiger partial charge in [-0.2, -0.15) is 0 Å². The average Bonchev–Trinajstić information content (AvgIpc) is 2.38. The van der Waals surface area contributed by atoms with Gasteiger partial charge >= 0.3 is 0 Å². The van der Waals surface area contributed by atoms with E-state index in [2.05, 4.69) is 0 Å². The molecule has 0 spiro atoms.